The lowest BCUT2D eigenvalue weighted by Crippen LogP contribution is -2.32. The Kier molecular flexibility index (Phi) is 5.15. The molecule has 1 aromatic heterocycles. The number of hydrogen-bond acceptors (Lipinski definition) is 5. The summed E-state index contributed by atoms with van der Waals surface area (Å²) in [6.07, 6.45) is 0. The van der Waals surface area contributed by atoms with Crippen molar-refractivity contribution in [2.45, 2.75) is 20.8 Å². The summed E-state index contributed by atoms with van der Waals surface area (Å²) in [6, 6.07) is 0. The van der Waals surface area contributed by atoms with Gasteiger partial charge >= 0.3 is 0 Å². The van der Waals surface area contributed by atoms with Crippen molar-refractivity contribution < 1.29 is 4.79 Å². The van der Waals surface area contributed by atoms with E-state index in [-0.39, 0.29) is 5.91 Å². The van der Waals surface area contributed by atoms with Gasteiger partial charge in [-0.25, -0.2) is 4.98 Å². The molecule has 100 valence electrons. The molecule has 1 aromatic rings. The second-order valence-electron chi connectivity index (χ2n) is 4.04. The first-order valence-electron chi connectivity index (χ1n) is 5.93. The van der Waals surface area contributed by atoms with E-state index in [9.17, 15) is 4.79 Å². The number of nitrogen functional groups attached to an aromatic ring is 1. The van der Waals surface area contributed by atoms with Gasteiger partial charge in [0.2, 0.25) is 0 Å². The third-order valence-corrected chi connectivity index (χ3v) is 3.32. The van der Waals surface area contributed by atoms with Crippen LogP contribution < -0.4 is 11.1 Å². The number of hydrogen-bond donors (Lipinski definition) is 2. The summed E-state index contributed by atoms with van der Waals surface area (Å²) in [4.78, 5) is 18.6. The maximum atomic E-state index is 12.3. The fraction of sp³-hybridized carbons (Fsp3) is 0.500. The number of nitrogens with one attached hydrogen (secondary N) is 1. The van der Waals surface area contributed by atoms with Crippen LogP contribution in [0.15, 0.2) is 12.2 Å². The highest BCUT2D eigenvalue weighted by atomic mass is 32.1. The molecular formula is C12H20N4OS. The molecule has 3 N–H and O–H groups in total. The van der Waals surface area contributed by atoms with Crippen molar-refractivity contribution in [3.8, 4) is 0 Å². The maximum Gasteiger partial charge on any atom is 0.268 e. The van der Waals surface area contributed by atoms with Gasteiger partial charge in [0.15, 0.2) is 5.13 Å². The molecule has 18 heavy (non-hydrogen) atoms. The van der Waals surface area contributed by atoms with Crippen LogP contribution in [-0.2, 0) is 0 Å². The third-order valence-electron chi connectivity index (χ3n) is 2.31. The van der Waals surface area contributed by atoms with E-state index in [1.165, 1.54) is 11.3 Å². The molecule has 0 aliphatic heterocycles. The number of anilines is 2. The van der Waals surface area contributed by atoms with Crippen molar-refractivity contribution in [3.05, 3.63) is 17.0 Å². The average molecular weight is 268 g/mol. The molecule has 0 unspecified atom stereocenters. The van der Waals surface area contributed by atoms with E-state index in [1.807, 2.05) is 20.8 Å². The van der Waals surface area contributed by atoms with Gasteiger partial charge in [-0.05, 0) is 20.8 Å². The van der Waals surface area contributed by atoms with Gasteiger partial charge in [-0.3, -0.25) is 4.79 Å². The lowest BCUT2D eigenvalue weighted by molar-refractivity contribution is 0.0784. The molecule has 0 saturated heterocycles. The van der Waals surface area contributed by atoms with Crippen LogP contribution in [0.3, 0.4) is 0 Å². The van der Waals surface area contributed by atoms with Gasteiger partial charge in [0, 0.05) is 19.6 Å². The van der Waals surface area contributed by atoms with Crippen molar-refractivity contribution in [3.63, 3.8) is 0 Å². The average Bonchev–Trinajstić information content (AvgIpc) is 2.66. The number of aromatic nitrogens is 1. The molecular weight excluding hydrogens is 248 g/mol. The highest BCUT2D eigenvalue weighted by Gasteiger charge is 2.21. The zero-order valence-electron chi connectivity index (χ0n) is 11.1. The Morgan fingerprint density at radius 2 is 2.22 bits per heavy atom. The largest absolute Gasteiger partial charge is 0.382 e. The zero-order valence-corrected chi connectivity index (χ0v) is 11.9. The number of nitrogens with zero attached hydrogens (tertiary/aromatic N) is 2. The minimum absolute atomic E-state index is 0.0837. The normalized spacial score (nSPS) is 10.2. The molecule has 5 nitrogen and oxygen atoms in total. The van der Waals surface area contributed by atoms with E-state index in [1.54, 1.807) is 4.90 Å². The Morgan fingerprint density at radius 1 is 1.56 bits per heavy atom. The predicted molar refractivity (Wildman–Crippen MR) is 77.1 cm³/mol. The Hall–Kier alpha value is -1.56. The van der Waals surface area contributed by atoms with E-state index in [0.29, 0.717) is 28.9 Å². The summed E-state index contributed by atoms with van der Waals surface area (Å²) >= 11 is 1.29. The second-order valence-corrected chi connectivity index (χ2v) is 5.04. The van der Waals surface area contributed by atoms with Crippen LogP contribution in [0.5, 0.6) is 0 Å². The highest BCUT2D eigenvalue weighted by Crippen LogP contribution is 2.26. The van der Waals surface area contributed by atoms with E-state index in [4.69, 9.17) is 5.73 Å². The van der Waals surface area contributed by atoms with Gasteiger partial charge in [-0.1, -0.05) is 23.5 Å². The van der Waals surface area contributed by atoms with Gasteiger partial charge < -0.3 is 16.0 Å². The van der Waals surface area contributed by atoms with Crippen molar-refractivity contribution in [1.29, 1.82) is 0 Å². The van der Waals surface area contributed by atoms with Gasteiger partial charge in [-0.15, -0.1) is 0 Å². The number of amides is 1. The first-order chi connectivity index (χ1) is 8.49. The van der Waals surface area contributed by atoms with Crippen LogP contribution in [0.2, 0.25) is 0 Å². The number of rotatable bonds is 6. The monoisotopic (exact) mass is 268 g/mol. The molecule has 0 fully saturated rings. The summed E-state index contributed by atoms with van der Waals surface area (Å²) < 4.78 is 0. The van der Waals surface area contributed by atoms with Crippen LogP contribution >= 0.6 is 11.3 Å². The molecule has 0 aliphatic rings. The highest BCUT2D eigenvalue weighted by molar-refractivity contribution is 7.18. The fourth-order valence-electron chi connectivity index (χ4n) is 1.51. The Labute approximate surface area is 112 Å². The van der Waals surface area contributed by atoms with Gasteiger partial charge in [0.1, 0.15) is 10.7 Å². The van der Waals surface area contributed by atoms with Crippen molar-refractivity contribution in [2.75, 3.05) is 30.7 Å². The van der Waals surface area contributed by atoms with Crippen LogP contribution in [-0.4, -0.2) is 35.4 Å². The Bertz CT molecular complexity index is 441. The summed E-state index contributed by atoms with van der Waals surface area (Å²) in [6.45, 7) is 11.6. The molecule has 0 aromatic carbocycles. The topological polar surface area (TPSA) is 71.2 Å². The van der Waals surface area contributed by atoms with Crippen LogP contribution in [0, 0.1) is 0 Å². The molecule has 6 heteroatoms. The van der Waals surface area contributed by atoms with Crippen LogP contribution in [0.25, 0.3) is 0 Å². The summed E-state index contributed by atoms with van der Waals surface area (Å²) in [7, 11) is 0. The maximum absolute atomic E-state index is 12.3. The molecule has 0 radical (unpaired) electrons. The number of nitrogens with two attached hydrogens (primary N) is 1. The molecule has 1 rings (SSSR count). The molecule has 0 spiro atoms. The molecule has 1 heterocycles. The van der Waals surface area contributed by atoms with Gasteiger partial charge in [0.25, 0.3) is 5.91 Å². The Morgan fingerprint density at radius 3 is 2.72 bits per heavy atom. The summed E-state index contributed by atoms with van der Waals surface area (Å²) in [5, 5.41) is 3.75. The molecule has 0 aliphatic carbocycles. The van der Waals surface area contributed by atoms with Crippen molar-refractivity contribution in [2.24, 2.45) is 0 Å². The minimum Gasteiger partial charge on any atom is -0.382 e. The Balaban J connectivity index is 2.90. The summed E-state index contributed by atoms with van der Waals surface area (Å²) in [5.74, 6) is 0.209. The van der Waals surface area contributed by atoms with Crippen LogP contribution in [0.4, 0.5) is 10.9 Å². The van der Waals surface area contributed by atoms with Crippen molar-refractivity contribution >= 4 is 28.2 Å². The van der Waals surface area contributed by atoms with E-state index in [0.717, 1.165) is 12.1 Å². The SMILES string of the molecule is C=C(C)CN(CC)C(=O)c1sc(NCC)nc1N. The number of carbonyl (C=O) groups is 1. The third kappa shape index (κ3) is 3.46. The van der Waals surface area contributed by atoms with Gasteiger partial charge in [0.05, 0.1) is 0 Å². The quantitative estimate of drug-likeness (QED) is 0.776. The van der Waals surface area contributed by atoms with Gasteiger partial charge in [-0.2, -0.15) is 0 Å². The molecule has 0 saturated carbocycles. The first-order valence-corrected chi connectivity index (χ1v) is 6.75. The minimum atomic E-state index is -0.0837. The number of likely N-dealkylation sites (N-methyl/N-ethyl adjacent to an activating group) is 1. The first kappa shape index (κ1) is 14.5. The van der Waals surface area contributed by atoms with E-state index in [2.05, 4.69) is 16.9 Å². The van der Waals surface area contributed by atoms with Crippen molar-refractivity contribution in [1.82, 2.24) is 9.88 Å². The zero-order chi connectivity index (χ0) is 13.7. The smallest absolute Gasteiger partial charge is 0.268 e. The predicted octanol–water partition coefficient (Wildman–Crippen LogP) is 2.20. The lowest BCUT2D eigenvalue weighted by Gasteiger charge is -2.20. The number of thiazole rings is 1. The summed E-state index contributed by atoms with van der Waals surface area (Å²) in [5.41, 5.74) is 6.73. The fourth-order valence-corrected chi connectivity index (χ4v) is 2.43. The molecule has 0 atom stereocenters. The standard InChI is InChI=1S/C12H20N4OS/c1-5-14-12-15-10(13)9(18-12)11(17)16(6-2)7-8(3)4/h3,5-7,13H2,1-2,4H3,(H,14,15). The molecule has 1 amide bonds. The lowest BCUT2D eigenvalue weighted by atomic mass is 10.3. The molecule has 0 bridgehead atoms. The number of carbonyl (C=O) groups excluding carboxylic acids is 1. The van der Waals surface area contributed by atoms with Crippen LogP contribution in [0.1, 0.15) is 30.4 Å². The van der Waals surface area contributed by atoms with E-state index < -0.39 is 0 Å². The van der Waals surface area contributed by atoms with E-state index >= 15 is 0 Å². The second kappa shape index (κ2) is 6.39.